The van der Waals surface area contributed by atoms with Gasteiger partial charge >= 0.3 is 169 Å². The molecule has 0 bridgehead atoms. The number of rotatable bonds is 9. The molecule has 1 aromatic heterocycles. The van der Waals surface area contributed by atoms with Crippen LogP contribution in [0.25, 0.3) is 0 Å². The van der Waals surface area contributed by atoms with Crippen LogP contribution < -0.4 is 13.8 Å². The molecule has 10 heteroatoms. The Bertz CT molecular complexity index is 886. The van der Waals surface area contributed by atoms with Crippen LogP contribution in [0.1, 0.15) is 11.7 Å². The summed E-state index contributed by atoms with van der Waals surface area (Å²) in [5.74, 6) is 0.876. The minimum atomic E-state index is -6.00. The van der Waals surface area contributed by atoms with Crippen molar-refractivity contribution in [3.05, 3.63) is 78.9 Å². The summed E-state index contributed by atoms with van der Waals surface area (Å²) < 4.78 is 56.1. The normalized spacial score (nSPS) is 12.1. The summed E-state index contributed by atoms with van der Waals surface area (Å²) in [4.78, 5) is 0. The van der Waals surface area contributed by atoms with Crippen molar-refractivity contribution in [1.29, 1.82) is 0 Å². The number of ether oxygens (including phenoxy) is 2. The van der Waals surface area contributed by atoms with E-state index < -0.39 is 7.25 Å². The van der Waals surface area contributed by atoms with E-state index in [4.69, 9.17) is 9.47 Å². The largest absolute Gasteiger partial charge is 0.673 e. The van der Waals surface area contributed by atoms with Gasteiger partial charge in [-0.05, 0) is 0 Å². The summed E-state index contributed by atoms with van der Waals surface area (Å²) in [5.41, 5.74) is 1.21. The van der Waals surface area contributed by atoms with Crippen LogP contribution >= 0.6 is 0 Å². The average Bonchev–Trinajstić information content (AvgIpc) is 3.15. The number of imidazole rings is 1. The van der Waals surface area contributed by atoms with E-state index >= 15 is 0 Å². The van der Waals surface area contributed by atoms with Crippen LogP contribution in [0, 0.1) is 0 Å². The smallest absolute Gasteiger partial charge is 0.418 e. The van der Waals surface area contributed by atoms with E-state index in [0.29, 0.717) is 21.6 Å². The first kappa shape index (κ1) is 25.0. The van der Waals surface area contributed by atoms with E-state index in [9.17, 15) is 17.3 Å². The van der Waals surface area contributed by atoms with E-state index in [-0.39, 0.29) is 6.10 Å². The molecule has 4 nitrogen and oxygen atoms in total. The van der Waals surface area contributed by atoms with Gasteiger partial charge < -0.3 is 17.3 Å². The number of benzene rings is 2. The third-order valence-corrected chi connectivity index (χ3v) is 6.38. The Labute approximate surface area is 186 Å². The molecule has 0 N–H and O–H groups in total. The van der Waals surface area contributed by atoms with Gasteiger partial charge in [0.15, 0.2) is 0 Å². The van der Waals surface area contributed by atoms with Gasteiger partial charge in [-0.1, -0.05) is 0 Å². The zero-order chi connectivity index (χ0) is 22.7. The molecule has 31 heavy (non-hydrogen) atoms. The molecule has 1 atom stereocenters. The minimum Gasteiger partial charge on any atom is -0.418 e. The fourth-order valence-electron chi connectivity index (χ4n) is 2.68. The van der Waals surface area contributed by atoms with Gasteiger partial charge in [-0.15, -0.1) is 0 Å². The second-order valence-electron chi connectivity index (χ2n) is 6.57. The Kier molecular flexibility index (Phi) is 10.1. The molecule has 0 aliphatic carbocycles. The minimum absolute atomic E-state index is 0.102. The zero-order valence-corrected chi connectivity index (χ0v) is 19.0. The van der Waals surface area contributed by atoms with Crippen LogP contribution in [0.15, 0.2) is 73.3 Å². The number of hydrogen-bond donors (Lipinski definition) is 0. The third-order valence-electron chi connectivity index (χ3n) is 4.12. The summed E-state index contributed by atoms with van der Waals surface area (Å²) in [5, 5.41) is 1.02. The van der Waals surface area contributed by atoms with Crippen molar-refractivity contribution in [3.8, 4) is 5.75 Å². The fourth-order valence-corrected chi connectivity index (χ4v) is 4.74. The van der Waals surface area contributed by atoms with Crippen molar-refractivity contribution < 1.29 is 31.3 Å². The Balaban J connectivity index is 0.000000614. The number of methoxy groups -OCH3 is 1. The molecule has 168 valence electrons. The van der Waals surface area contributed by atoms with Gasteiger partial charge in [0.25, 0.3) is 0 Å². The van der Waals surface area contributed by atoms with Crippen LogP contribution in [-0.4, -0.2) is 40.5 Å². The van der Waals surface area contributed by atoms with Crippen LogP contribution in [-0.2, 0) is 18.3 Å². The molecule has 0 radical (unpaired) electrons. The molecule has 0 fully saturated rings. The predicted molar refractivity (Wildman–Crippen MR) is 114 cm³/mol. The monoisotopic (exact) mass is 504 g/mol. The van der Waals surface area contributed by atoms with Gasteiger partial charge in [0.2, 0.25) is 0 Å². The van der Waals surface area contributed by atoms with E-state index in [1.807, 2.05) is 29.9 Å². The topological polar surface area (TPSA) is 27.3 Å². The van der Waals surface area contributed by atoms with E-state index in [1.54, 1.807) is 7.11 Å². The Morgan fingerprint density at radius 3 is 2.23 bits per heavy atom. The third kappa shape index (κ3) is 10.5. The second kappa shape index (κ2) is 12.5. The Morgan fingerprint density at radius 2 is 1.68 bits per heavy atom. The molecular formula is C21H25BF4N2O2Se. The van der Waals surface area contributed by atoms with Crippen molar-refractivity contribution in [2.45, 2.75) is 18.0 Å². The SMILES string of the molecule is COc1ccc(C(C[Se]c2ccccc2)OCCn2cc[n+](C)c2)cc1.F[B-](F)(F)F. The first-order valence-corrected chi connectivity index (χ1v) is 11.6. The van der Waals surface area contributed by atoms with Crippen LogP contribution in [0.5, 0.6) is 5.75 Å². The number of nitrogens with zero attached hydrogens (tertiary/aromatic N) is 2. The van der Waals surface area contributed by atoms with E-state index in [0.717, 1.165) is 17.6 Å². The van der Waals surface area contributed by atoms with Gasteiger partial charge in [-0.3, -0.25) is 0 Å². The standard InChI is InChI=1S/C21H25N2O2Se.BF4/c1-22-12-13-23(17-22)14-15-25-21(16-26-20-6-4-3-5-7-20)18-8-10-19(24-2)11-9-18;2-1(3,4)5/h3-13,17,21H,14-16H2,1-2H3;/q+1;-1. The summed E-state index contributed by atoms with van der Waals surface area (Å²) >= 11 is 0.381. The number of aryl methyl sites for hydroxylation is 1. The van der Waals surface area contributed by atoms with Crippen molar-refractivity contribution in [1.82, 2.24) is 4.57 Å². The van der Waals surface area contributed by atoms with Crippen molar-refractivity contribution >= 4 is 26.7 Å². The molecule has 0 saturated heterocycles. The molecule has 0 saturated carbocycles. The zero-order valence-electron chi connectivity index (χ0n) is 17.3. The van der Waals surface area contributed by atoms with E-state index in [1.165, 1.54) is 10.0 Å². The molecule has 0 amide bonds. The van der Waals surface area contributed by atoms with Crippen molar-refractivity contribution in [2.75, 3.05) is 13.7 Å². The predicted octanol–water partition coefficient (Wildman–Crippen LogP) is 3.83. The van der Waals surface area contributed by atoms with Crippen LogP contribution in [0.3, 0.4) is 0 Å². The molecule has 0 spiro atoms. The second-order valence-corrected chi connectivity index (χ2v) is 8.86. The van der Waals surface area contributed by atoms with E-state index in [2.05, 4.69) is 59.6 Å². The van der Waals surface area contributed by atoms with Gasteiger partial charge in [0.1, 0.15) is 0 Å². The number of halogens is 4. The molecule has 2 aromatic carbocycles. The summed E-state index contributed by atoms with van der Waals surface area (Å²) in [6.07, 6.45) is 6.28. The van der Waals surface area contributed by atoms with Crippen LogP contribution in [0.2, 0.25) is 5.32 Å². The molecule has 3 rings (SSSR count). The molecule has 1 heterocycles. The Morgan fingerprint density at radius 1 is 1.03 bits per heavy atom. The molecular weight excluding hydrogens is 478 g/mol. The van der Waals surface area contributed by atoms with Gasteiger partial charge in [-0.2, -0.15) is 0 Å². The Hall–Kier alpha value is -2.29. The maximum absolute atomic E-state index is 9.75. The molecule has 0 aliphatic rings. The number of hydrogen-bond acceptors (Lipinski definition) is 2. The van der Waals surface area contributed by atoms with Gasteiger partial charge in [0.05, 0.1) is 0 Å². The molecule has 1 unspecified atom stereocenters. The summed E-state index contributed by atoms with van der Waals surface area (Å²) in [6.45, 7) is 1.54. The van der Waals surface area contributed by atoms with Crippen LogP contribution in [0.4, 0.5) is 17.3 Å². The van der Waals surface area contributed by atoms with Gasteiger partial charge in [0, 0.05) is 0 Å². The number of aromatic nitrogens is 2. The van der Waals surface area contributed by atoms with Gasteiger partial charge in [-0.25, -0.2) is 0 Å². The van der Waals surface area contributed by atoms with Crippen molar-refractivity contribution in [3.63, 3.8) is 0 Å². The molecule has 3 aromatic rings. The maximum atomic E-state index is 9.75. The summed E-state index contributed by atoms with van der Waals surface area (Å²) in [7, 11) is -2.28. The molecule has 0 aliphatic heterocycles. The van der Waals surface area contributed by atoms with Crippen molar-refractivity contribution in [2.24, 2.45) is 7.05 Å². The average molecular weight is 503 g/mol. The summed E-state index contributed by atoms with van der Waals surface area (Å²) in [6, 6.07) is 18.9. The first-order valence-electron chi connectivity index (χ1n) is 9.56. The first-order chi connectivity index (χ1) is 14.7. The maximum Gasteiger partial charge on any atom is 0.673 e. The quantitative estimate of drug-likeness (QED) is 0.252. The fraction of sp³-hybridized carbons (Fsp3) is 0.286.